The van der Waals surface area contributed by atoms with E-state index in [4.69, 9.17) is 4.74 Å². The van der Waals surface area contributed by atoms with Crippen LogP contribution in [0.25, 0.3) is 0 Å². The Morgan fingerprint density at radius 1 is 0.763 bits per heavy atom. The van der Waals surface area contributed by atoms with E-state index < -0.39 is 0 Å². The van der Waals surface area contributed by atoms with Gasteiger partial charge in [0.1, 0.15) is 13.1 Å². The normalized spacial score (nSPS) is 17.0. The third-order valence-electron chi connectivity index (χ3n) is 7.67. The van der Waals surface area contributed by atoms with E-state index in [1.165, 1.54) is 20.9 Å². The van der Waals surface area contributed by atoms with Crippen molar-refractivity contribution < 1.29 is 23.9 Å². The summed E-state index contributed by atoms with van der Waals surface area (Å²) < 4.78 is 5.84. The summed E-state index contributed by atoms with van der Waals surface area (Å²) in [6.45, 7) is 17.6. The van der Waals surface area contributed by atoms with Crippen LogP contribution in [0.3, 0.4) is 0 Å². The van der Waals surface area contributed by atoms with E-state index in [-0.39, 0.29) is 47.8 Å². The second-order valence-electron chi connectivity index (χ2n) is 12.2. The van der Waals surface area contributed by atoms with Gasteiger partial charge >= 0.3 is 12.1 Å². The average molecular weight is 535 g/mol. The lowest BCUT2D eigenvalue weighted by molar-refractivity contribution is -0.126. The summed E-state index contributed by atoms with van der Waals surface area (Å²) in [7, 11) is 0. The highest BCUT2D eigenvalue weighted by Gasteiger charge is 2.38. The van der Waals surface area contributed by atoms with Gasteiger partial charge in [-0.2, -0.15) is 0 Å². The van der Waals surface area contributed by atoms with Crippen molar-refractivity contribution in [3.05, 3.63) is 12.8 Å². The third kappa shape index (κ3) is 9.71. The molecule has 0 aromatic carbocycles. The Morgan fingerprint density at radius 2 is 1.32 bits per heavy atom. The van der Waals surface area contributed by atoms with Crippen LogP contribution in [-0.4, -0.2) is 89.4 Å². The van der Waals surface area contributed by atoms with Crippen LogP contribution in [0, 0.1) is 10.8 Å². The third-order valence-corrected chi connectivity index (χ3v) is 7.67. The van der Waals surface area contributed by atoms with Crippen LogP contribution in [0.2, 0.25) is 0 Å². The van der Waals surface area contributed by atoms with Crippen molar-refractivity contribution >= 4 is 23.9 Å². The first-order valence-corrected chi connectivity index (χ1v) is 14.3. The van der Waals surface area contributed by atoms with Gasteiger partial charge in [-0.25, -0.2) is 9.59 Å². The van der Waals surface area contributed by atoms with E-state index >= 15 is 0 Å². The lowest BCUT2D eigenvalue weighted by atomic mass is 9.82. The van der Waals surface area contributed by atoms with E-state index in [2.05, 4.69) is 34.3 Å². The molecule has 38 heavy (non-hydrogen) atoms. The Kier molecular flexibility index (Phi) is 12.3. The van der Waals surface area contributed by atoms with Crippen LogP contribution in [0.4, 0.5) is 9.59 Å². The second kappa shape index (κ2) is 14.7. The van der Waals surface area contributed by atoms with Crippen molar-refractivity contribution in [3.8, 4) is 0 Å². The fourth-order valence-electron chi connectivity index (χ4n) is 5.14. The van der Waals surface area contributed by atoms with Crippen LogP contribution in [0.5, 0.6) is 0 Å². The maximum absolute atomic E-state index is 12.3. The van der Waals surface area contributed by atoms with Crippen molar-refractivity contribution in [2.45, 2.75) is 92.4 Å². The smallest absolute Gasteiger partial charge is 0.331 e. The molecular weight excluding hydrogens is 484 g/mol. The molecule has 2 heterocycles. The molecule has 2 aliphatic heterocycles. The number of ether oxygens (including phenoxy) is 1. The molecule has 216 valence electrons. The first-order chi connectivity index (χ1) is 17.9. The molecule has 0 bridgehead atoms. The largest absolute Gasteiger partial charge is 0.381 e. The molecule has 0 saturated carbocycles. The number of hydrogen-bond acceptors (Lipinski definition) is 5. The van der Waals surface area contributed by atoms with Crippen molar-refractivity contribution in [1.82, 2.24) is 19.6 Å². The number of imide groups is 2. The van der Waals surface area contributed by atoms with Crippen LogP contribution in [-0.2, 0) is 14.3 Å². The van der Waals surface area contributed by atoms with E-state index in [0.717, 1.165) is 71.0 Å². The van der Waals surface area contributed by atoms with Gasteiger partial charge in [0, 0.05) is 39.0 Å². The molecule has 2 aliphatic rings. The minimum Gasteiger partial charge on any atom is -0.381 e. The molecule has 0 aliphatic carbocycles. The Hall–Kier alpha value is -2.42. The topological polar surface area (TPSA) is 90.5 Å². The van der Waals surface area contributed by atoms with Gasteiger partial charge in [0.2, 0.25) is 5.91 Å². The standard InChI is InChI=1S/C29H50N4O5/c1-7-30-21-24(34)32(26(30)36)18-12-9-15-28(3,4)16-10-13-19-38-20-14-11-17-29(5,6)23-33-25(35)22-31(8-2)27(33)37/h8H,2,7,9-23H2,1,3-6H3. The monoisotopic (exact) mass is 534 g/mol. The van der Waals surface area contributed by atoms with Gasteiger partial charge in [0.15, 0.2) is 0 Å². The van der Waals surface area contributed by atoms with Gasteiger partial charge in [-0.1, -0.05) is 53.5 Å². The first-order valence-electron chi connectivity index (χ1n) is 14.3. The second-order valence-corrected chi connectivity index (χ2v) is 12.2. The number of likely N-dealkylation sites (N-methyl/N-ethyl adjacent to an activating group) is 1. The van der Waals surface area contributed by atoms with Gasteiger partial charge < -0.3 is 9.64 Å². The summed E-state index contributed by atoms with van der Waals surface area (Å²) in [5, 5.41) is 0. The lowest BCUT2D eigenvalue weighted by Crippen LogP contribution is -2.39. The van der Waals surface area contributed by atoms with Gasteiger partial charge in [0.25, 0.3) is 5.91 Å². The molecule has 9 heteroatoms. The number of rotatable bonds is 19. The molecular formula is C29H50N4O5. The number of carbonyl (C=O) groups excluding carboxylic acids is 4. The van der Waals surface area contributed by atoms with Crippen LogP contribution in [0.1, 0.15) is 92.4 Å². The Labute approximate surface area is 229 Å². The zero-order valence-corrected chi connectivity index (χ0v) is 24.4. The lowest BCUT2D eigenvalue weighted by Gasteiger charge is -2.29. The van der Waals surface area contributed by atoms with Gasteiger partial charge in [0.05, 0.1) is 0 Å². The Morgan fingerprint density at radius 3 is 1.84 bits per heavy atom. The minimum atomic E-state index is -0.275. The zero-order chi connectivity index (χ0) is 28.3. The Bertz CT molecular complexity index is 841. The van der Waals surface area contributed by atoms with Gasteiger partial charge in [-0.15, -0.1) is 0 Å². The van der Waals surface area contributed by atoms with Crippen molar-refractivity contribution in [1.29, 1.82) is 0 Å². The van der Waals surface area contributed by atoms with Crippen LogP contribution < -0.4 is 0 Å². The highest BCUT2D eigenvalue weighted by Crippen LogP contribution is 2.30. The van der Waals surface area contributed by atoms with Gasteiger partial charge in [-0.05, 0) is 56.3 Å². The fourth-order valence-corrected chi connectivity index (χ4v) is 5.14. The number of carbonyl (C=O) groups is 4. The van der Waals surface area contributed by atoms with Crippen molar-refractivity contribution in [2.75, 3.05) is 45.9 Å². The maximum Gasteiger partial charge on any atom is 0.331 e. The first kappa shape index (κ1) is 31.8. The predicted octanol–water partition coefficient (Wildman–Crippen LogP) is 5.26. The number of nitrogens with zero attached hydrogens (tertiary/aromatic N) is 4. The quantitative estimate of drug-likeness (QED) is 0.167. The van der Waals surface area contributed by atoms with Gasteiger partial charge in [-0.3, -0.25) is 24.3 Å². The summed E-state index contributed by atoms with van der Waals surface area (Å²) in [6, 6.07) is -0.418. The molecule has 0 aromatic heterocycles. The number of amides is 6. The van der Waals surface area contributed by atoms with Crippen molar-refractivity contribution in [3.63, 3.8) is 0 Å². The number of urea groups is 2. The molecule has 9 nitrogen and oxygen atoms in total. The molecule has 2 rings (SSSR count). The van der Waals surface area contributed by atoms with E-state index in [9.17, 15) is 19.2 Å². The summed E-state index contributed by atoms with van der Waals surface area (Å²) >= 11 is 0. The number of unbranched alkanes of at least 4 members (excludes halogenated alkanes) is 3. The van der Waals surface area contributed by atoms with Crippen LogP contribution >= 0.6 is 0 Å². The zero-order valence-electron chi connectivity index (χ0n) is 24.4. The highest BCUT2D eigenvalue weighted by molar-refractivity contribution is 6.02. The fraction of sp³-hybridized carbons (Fsp3) is 0.793. The molecule has 2 fully saturated rings. The highest BCUT2D eigenvalue weighted by atomic mass is 16.5. The number of hydrogen-bond donors (Lipinski definition) is 0. The Balaban J connectivity index is 1.49. The molecule has 6 amide bonds. The minimum absolute atomic E-state index is 0.0739. The summed E-state index contributed by atoms with van der Waals surface area (Å²) in [4.78, 5) is 54.2. The molecule has 0 unspecified atom stereocenters. The summed E-state index contributed by atoms with van der Waals surface area (Å²) in [6.07, 6.45) is 10.5. The molecule has 2 saturated heterocycles. The molecule has 0 atom stereocenters. The summed E-state index contributed by atoms with van der Waals surface area (Å²) in [5.41, 5.74) is 0.102. The SMILES string of the molecule is C=CN1CC(=O)N(CC(C)(C)CCCCOCCCCC(C)(C)CCCCN2C(=O)CN(CC)C2=O)C1=O. The van der Waals surface area contributed by atoms with E-state index in [1.54, 1.807) is 4.90 Å². The molecule has 0 radical (unpaired) electrons. The maximum atomic E-state index is 12.3. The average Bonchev–Trinajstić information content (AvgIpc) is 3.28. The molecule has 0 spiro atoms. The van der Waals surface area contributed by atoms with E-state index in [0.29, 0.717) is 19.6 Å². The van der Waals surface area contributed by atoms with Crippen molar-refractivity contribution in [2.24, 2.45) is 10.8 Å². The predicted molar refractivity (Wildman–Crippen MR) is 148 cm³/mol. The van der Waals surface area contributed by atoms with Crippen LogP contribution in [0.15, 0.2) is 12.8 Å². The molecule has 0 aromatic rings. The molecule has 0 N–H and O–H groups in total. The van der Waals surface area contributed by atoms with E-state index in [1.807, 2.05) is 6.92 Å². The summed E-state index contributed by atoms with van der Waals surface area (Å²) in [5.74, 6) is -0.233.